The van der Waals surface area contributed by atoms with Crippen LogP contribution in [0.15, 0.2) is 11.0 Å². The number of aromatic nitrogens is 2. The number of carbonyl (C=O) groups excluding carboxylic acids is 1. The number of nitrogens with one attached hydrogen (secondary N) is 1. The molecule has 1 heterocycles. The maximum absolute atomic E-state index is 12.1. The van der Waals surface area contributed by atoms with E-state index in [2.05, 4.69) is 18.8 Å². The lowest BCUT2D eigenvalue weighted by atomic mass is 9.66. The smallest absolute Gasteiger partial charge is 0.361 e. The van der Waals surface area contributed by atoms with Gasteiger partial charge < -0.3 is 15.7 Å². The van der Waals surface area contributed by atoms with Crippen molar-refractivity contribution in [2.45, 2.75) is 52.0 Å². The highest BCUT2D eigenvalue weighted by molar-refractivity contribution is 5.75. The minimum absolute atomic E-state index is 0.0847. The Hall–Kier alpha value is -1.76. The van der Waals surface area contributed by atoms with Gasteiger partial charge in [0.15, 0.2) is 0 Å². The second-order valence-electron chi connectivity index (χ2n) is 7.27. The Kier molecular flexibility index (Phi) is 3.36. The molecule has 0 radical (unpaired) electrons. The third kappa shape index (κ3) is 2.15. The Morgan fingerprint density at radius 2 is 2.18 bits per heavy atom. The van der Waals surface area contributed by atoms with Crippen LogP contribution >= 0.6 is 0 Å². The summed E-state index contributed by atoms with van der Waals surface area (Å²) in [5.41, 5.74) is 5.60. The molecule has 0 aliphatic heterocycles. The van der Waals surface area contributed by atoms with E-state index in [9.17, 15) is 9.59 Å². The Bertz CT molecular complexity index is 637. The first kappa shape index (κ1) is 15.1. The van der Waals surface area contributed by atoms with Crippen LogP contribution in [0.5, 0.6) is 5.88 Å². The van der Waals surface area contributed by atoms with Gasteiger partial charge in [-0.15, -0.1) is 4.73 Å². The molecule has 0 spiro atoms. The van der Waals surface area contributed by atoms with Gasteiger partial charge in [-0.1, -0.05) is 13.8 Å². The molecule has 0 aromatic carbocycles. The fourth-order valence-electron chi connectivity index (χ4n) is 4.54. The van der Waals surface area contributed by atoms with Gasteiger partial charge in [-0.05, 0) is 48.9 Å². The molecule has 1 aromatic heterocycles. The molecule has 2 aliphatic rings. The number of nitrogens with two attached hydrogens (primary N) is 1. The number of aromatic hydroxyl groups is 1. The molecule has 7 nitrogen and oxygen atoms in total. The molecule has 122 valence electrons. The van der Waals surface area contributed by atoms with Crippen LogP contribution in [-0.2, 0) is 4.79 Å². The Morgan fingerprint density at radius 1 is 1.55 bits per heavy atom. The van der Waals surface area contributed by atoms with Crippen molar-refractivity contribution < 1.29 is 14.7 Å². The predicted molar refractivity (Wildman–Crippen MR) is 79.1 cm³/mol. The minimum Gasteiger partial charge on any atom is -0.493 e. The molecule has 2 bridgehead atoms. The molecule has 2 fully saturated rings. The van der Waals surface area contributed by atoms with E-state index < -0.39 is 17.7 Å². The number of nitrogens with zero attached hydrogens (tertiary/aromatic N) is 1. The highest BCUT2D eigenvalue weighted by Gasteiger charge is 2.59. The third-order valence-corrected chi connectivity index (χ3v) is 6.11. The van der Waals surface area contributed by atoms with Gasteiger partial charge in [0, 0.05) is 0 Å². The normalized spacial score (nSPS) is 30.4. The molecule has 7 heteroatoms. The molecule has 1 atom stereocenters. The van der Waals surface area contributed by atoms with Crippen molar-refractivity contribution in [2.24, 2.45) is 22.5 Å². The quantitative estimate of drug-likeness (QED) is 0.761. The van der Waals surface area contributed by atoms with Crippen LogP contribution in [0, 0.1) is 16.7 Å². The summed E-state index contributed by atoms with van der Waals surface area (Å²) in [7, 11) is 0. The van der Waals surface area contributed by atoms with Gasteiger partial charge in [0.1, 0.15) is 12.2 Å². The van der Waals surface area contributed by atoms with Gasteiger partial charge in [-0.3, -0.25) is 4.98 Å². The molecule has 2 aliphatic carbocycles. The number of H-pyrrole nitrogens is 1. The molecular formula is C15H23N3O4. The van der Waals surface area contributed by atoms with Crippen LogP contribution in [0.2, 0.25) is 0 Å². The number of hydrogen-bond donors (Lipinski definition) is 3. The number of hydrogen-bond acceptors (Lipinski definition) is 5. The second kappa shape index (κ2) is 4.87. The van der Waals surface area contributed by atoms with Gasteiger partial charge in [0.2, 0.25) is 5.88 Å². The van der Waals surface area contributed by atoms with Crippen molar-refractivity contribution in [1.29, 1.82) is 0 Å². The summed E-state index contributed by atoms with van der Waals surface area (Å²) in [5.74, 6) is -0.304. The van der Waals surface area contributed by atoms with E-state index in [1.807, 2.05) is 0 Å². The number of fused-ring (bicyclic) bond motifs is 2. The average Bonchev–Trinajstić information content (AvgIpc) is 2.97. The summed E-state index contributed by atoms with van der Waals surface area (Å²) in [6.07, 6.45) is 6.16. The second-order valence-corrected chi connectivity index (χ2v) is 7.27. The first-order valence-corrected chi connectivity index (χ1v) is 7.74. The molecule has 22 heavy (non-hydrogen) atoms. The fourth-order valence-corrected chi connectivity index (χ4v) is 4.54. The molecular weight excluding hydrogens is 286 g/mol. The van der Waals surface area contributed by atoms with E-state index in [0.29, 0.717) is 17.1 Å². The number of imidazole rings is 1. The van der Waals surface area contributed by atoms with Gasteiger partial charge in [-0.2, -0.15) is 0 Å². The molecule has 2 saturated carbocycles. The predicted octanol–water partition coefficient (Wildman–Crippen LogP) is 0.771. The first-order chi connectivity index (χ1) is 10.2. The summed E-state index contributed by atoms with van der Waals surface area (Å²) in [6, 6.07) is -0.778. The summed E-state index contributed by atoms with van der Waals surface area (Å²) in [5, 5.41) is 9.17. The largest absolute Gasteiger partial charge is 0.493 e. The van der Waals surface area contributed by atoms with Crippen molar-refractivity contribution >= 4 is 5.97 Å². The SMILES string of the molecule is CC1(C)C2CCC1(C[C@H](N)C(=O)On1cc(O)[nH]c1=O)CC2. The van der Waals surface area contributed by atoms with Crippen molar-refractivity contribution in [1.82, 2.24) is 9.71 Å². The van der Waals surface area contributed by atoms with Crippen LogP contribution in [0.25, 0.3) is 0 Å². The molecule has 0 unspecified atom stereocenters. The van der Waals surface area contributed by atoms with Crippen LogP contribution < -0.4 is 16.3 Å². The maximum atomic E-state index is 12.1. The highest BCUT2D eigenvalue weighted by Crippen LogP contribution is 2.67. The number of aromatic amines is 1. The van der Waals surface area contributed by atoms with Gasteiger partial charge in [-0.25, -0.2) is 9.59 Å². The van der Waals surface area contributed by atoms with E-state index in [-0.39, 0.29) is 16.7 Å². The van der Waals surface area contributed by atoms with Crippen LogP contribution in [0.1, 0.15) is 46.0 Å². The van der Waals surface area contributed by atoms with Crippen molar-refractivity contribution in [3.8, 4) is 5.88 Å². The molecule has 4 N–H and O–H groups in total. The summed E-state index contributed by atoms with van der Waals surface area (Å²) in [4.78, 5) is 30.6. The average molecular weight is 309 g/mol. The van der Waals surface area contributed by atoms with E-state index in [4.69, 9.17) is 15.7 Å². The van der Waals surface area contributed by atoms with Crippen LogP contribution in [-0.4, -0.2) is 26.8 Å². The van der Waals surface area contributed by atoms with Crippen molar-refractivity contribution in [3.63, 3.8) is 0 Å². The summed E-state index contributed by atoms with van der Waals surface area (Å²) < 4.78 is 0.673. The first-order valence-electron chi connectivity index (χ1n) is 7.74. The zero-order valence-electron chi connectivity index (χ0n) is 13.0. The standard InChI is InChI=1S/C15H23N3O4/c1-14(2)9-3-5-15(14,6-4-9)7-10(16)12(20)22-18-8-11(19)17-13(18)21/h8-10,19H,3-7,16H2,1-2H3,(H,17,21)/t9?,10-,15?/m0/s1. The van der Waals surface area contributed by atoms with E-state index in [1.165, 1.54) is 12.8 Å². The highest BCUT2D eigenvalue weighted by atomic mass is 16.7. The van der Waals surface area contributed by atoms with Crippen LogP contribution in [0.3, 0.4) is 0 Å². The lowest BCUT2D eigenvalue weighted by Crippen LogP contribution is -2.45. The summed E-state index contributed by atoms with van der Waals surface area (Å²) in [6.45, 7) is 4.54. The van der Waals surface area contributed by atoms with Gasteiger partial charge >= 0.3 is 11.7 Å². The lowest BCUT2D eigenvalue weighted by Gasteiger charge is -2.39. The number of carbonyl (C=O) groups is 1. The zero-order chi connectivity index (χ0) is 16.1. The Labute approximate surface area is 128 Å². The van der Waals surface area contributed by atoms with Crippen LogP contribution in [0.4, 0.5) is 0 Å². The Morgan fingerprint density at radius 3 is 2.64 bits per heavy atom. The molecule has 3 rings (SSSR count). The van der Waals surface area contributed by atoms with Gasteiger partial charge in [0.25, 0.3) is 0 Å². The topological polar surface area (TPSA) is 110 Å². The van der Waals surface area contributed by atoms with Gasteiger partial charge in [0.05, 0.1) is 0 Å². The zero-order valence-corrected chi connectivity index (χ0v) is 13.0. The maximum Gasteiger partial charge on any atom is 0.361 e. The van der Waals surface area contributed by atoms with E-state index in [1.54, 1.807) is 0 Å². The fraction of sp³-hybridized carbons (Fsp3) is 0.733. The van der Waals surface area contributed by atoms with E-state index in [0.717, 1.165) is 19.0 Å². The minimum atomic E-state index is -0.778. The van der Waals surface area contributed by atoms with Crippen molar-refractivity contribution in [3.05, 3.63) is 16.7 Å². The monoisotopic (exact) mass is 309 g/mol. The molecule has 0 saturated heterocycles. The van der Waals surface area contributed by atoms with E-state index >= 15 is 0 Å². The molecule has 1 aromatic rings. The van der Waals surface area contributed by atoms with Crippen molar-refractivity contribution in [2.75, 3.05) is 0 Å². The number of rotatable bonds is 4. The molecule has 0 amide bonds. The lowest BCUT2D eigenvalue weighted by molar-refractivity contribution is -0.147. The third-order valence-electron chi connectivity index (χ3n) is 6.11. The summed E-state index contributed by atoms with van der Waals surface area (Å²) >= 11 is 0. The Balaban J connectivity index is 1.69.